The van der Waals surface area contributed by atoms with Crippen molar-refractivity contribution in [2.45, 2.75) is 17.7 Å². The number of benzene rings is 2. The molecule has 0 aliphatic carbocycles. The number of rotatable bonds is 3. The summed E-state index contributed by atoms with van der Waals surface area (Å²) in [6.45, 7) is 0.499. The number of para-hydroxylation sites is 1. The van der Waals surface area contributed by atoms with Crippen LogP contribution in [0.4, 0.5) is 16.2 Å². The molecular weight excluding hydrogens is 422 g/mol. The lowest BCUT2D eigenvalue weighted by Gasteiger charge is -2.41. The number of thioether (sulfide) groups is 1. The number of hydrogen-bond donors (Lipinski definition) is 0. The Morgan fingerprint density at radius 2 is 1.97 bits per heavy atom. The van der Waals surface area contributed by atoms with Crippen molar-refractivity contribution in [2.75, 3.05) is 22.9 Å². The van der Waals surface area contributed by atoms with Gasteiger partial charge in [-0.3, -0.25) is 9.59 Å². The molecule has 3 heterocycles. The van der Waals surface area contributed by atoms with Crippen LogP contribution in [0, 0.1) is 0 Å². The number of carbonyl (C=O) groups excluding carboxylic acids is 3. The van der Waals surface area contributed by atoms with Gasteiger partial charge in [-0.2, -0.15) is 0 Å². The van der Waals surface area contributed by atoms with E-state index in [-0.39, 0.29) is 18.4 Å². The monoisotopic (exact) mass is 439 g/mol. The third kappa shape index (κ3) is 3.09. The van der Waals surface area contributed by atoms with Gasteiger partial charge in [0.25, 0.3) is 5.91 Å². The second-order valence-electron chi connectivity index (χ2n) is 7.36. The van der Waals surface area contributed by atoms with Crippen molar-refractivity contribution in [1.82, 2.24) is 4.90 Å². The molecule has 5 rings (SSSR count). The van der Waals surface area contributed by atoms with Crippen LogP contribution < -0.4 is 9.80 Å². The van der Waals surface area contributed by atoms with Crippen LogP contribution in [0.5, 0.6) is 0 Å². The molecule has 152 valence electrons. The molecule has 1 saturated heterocycles. The van der Waals surface area contributed by atoms with Crippen molar-refractivity contribution < 1.29 is 14.4 Å². The zero-order chi connectivity index (χ0) is 20.8. The third-order valence-electron chi connectivity index (χ3n) is 5.63. The third-order valence-corrected chi connectivity index (χ3v) is 6.96. The van der Waals surface area contributed by atoms with E-state index in [1.807, 2.05) is 35.7 Å². The summed E-state index contributed by atoms with van der Waals surface area (Å²) in [7, 11) is 0. The number of halogens is 1. The van der Waals surface area contributed by atoms with Gasteiger partial charge in [-0.15, -0.1) is 11.8 Å². The Labute approximate surface area is 183 Å². The van der Waals surface area contributed by atoms with Crippen LogP contribution in [0.25, 0.3) is 0 Å². The highest BCUT2D eigenvalue weighted by molar-refractivity contribution is 8.03. The molecule has 30 heavy (non-hydrogen) atoms. The van der Waals surface area contributed by atoms with Gasteiger partial charge in [0.2, 0.25) is 5.91 Å². The van der Waals surface area contributed by atoms with Gasteiger partial charge in [0.1, 0.15) is 11.8 Å². The number of amides is 4. The molecule has 4 amide bonds. The molecule has 2 aromatic carbocycles. The summed E-state index contributed by atoms with van der Waals surface area (Å²) < 4.78 is 0. The number of carbonyl (C=O) groups is 3. The fourth-order valence-corrected chi connectivity index (χ4v) is 5.42. The normalized spacial score (nSPS) is 22.5. The van der Waals surface area contributed by atoms with Crippen LogP contribution in [0.15, 0.2) is 60.0 Å². The van der Waals surface area contributed by atoms with Crippen molar-refractivity contribution in [1.29, 1.82) is 0 Å². The van der Waals surface area contributed by atoms with Gasteiger partial charge in [0, 0.05) is 17.3 Å². The van der Waals surface area contributed by atoms with Crippen LogP contribution in [0.2, 0.25) is 5.02 Å². The van der Waals surface area contributed by atoms with Gasteiger partial charge >= 0.3 is 6.03 Å². The molecule has 3 aliphatic rings. The molecular formula is C22H18ClN3O3S. The Kier molecular flexibility index (Phi) is 4.79. The van der Waals surface area contributed by atoms with Crippen molar-refractivity contribution >= 4 is 52.6 Å². The highest BCUT2D eigenvalue weighted by Crippen LogP contribution is 2.37. The number of hydrogen-bond acceptors (Lipinski definition) is 4. The first-order chi connectivity index (χ1) is 14.5. The molecule has 3 aliphatic heterocycles. The number of urea groups is 1. The zero-order valence-electron chi connectivity index (χ0n) is 15.9. The Morgan fingerprint density at radius 3 is 2.80 bits per heavy atom. The molecule has 8 heteroatoms. The average Bonchev–Trinajstić information content (AvgIpc) is 3.39. The number of imide groups is 1. The lowest BCUT2D eigenvalue weighted by molar-refractivity contribution is -0.122. The van der Waals surface area contributed by atoms with Gasteiger partial charge in [-0.25, -0.2) is 9.69 Å². The molecule has 0 saturated carbocycles. The first-order valence-electron chi connectivity index (χ1n) is 9.65. The summed E-state index contributed by atoms with van der Waals surface area (Å²) in [4.78, 5) is 43.9. The molecule has 2 unspecified atom stereocenters. The lowest BCUT2D eigenvalue weighted by Crippen LogP contribution is -2.63. The molecule has 0 spiro atoms. The van der Waals surface area contributed by atoms with Crippen LogP contribution in [-0.2, 0) is 16.0 Å². The summed E-state index contributed by atoms with van der Waals surface area (Å²) in [5, 5.41) is 1.79. The second kappa shape index (κ2) is 7.49. The van der Waals surface area contributed by atoms with Crippen LogP contribution in [0.3, 0.4) is 0 Å². The molecule has 2 aromatic rings. The van der Waals surface area contributed by atoms with E-state index in [1.165, 1.54) is 16.7 Å². The Hall–Kier alpha value is -2.77. The standard InChI is InChI=1S/C22H18ClN3O3S/c23-15-5-3-6-16(12-15)26-21(28)20-18(9-11-30-20)25(22(26)29)13-19(27)24-10-8-14-4-1-2-7-17(14)24/h1-7,9,11-12,18,20H,8,10,13H2. The first kappa shape index (κ1) is 19.2. The van der Waals surface area contributed by atoms with E-state index in [0.29, 0.717) is 17.3 Å². The Balaban J connectivity index is 1.45. The number of nitrogens with zero attached hydrogens (tertiary/aromatic N) is 3. The van der Waals surface area contributed by atoms with Crippen molar-refractivity contribution in [3.05, 3.63) is 70.6 Å². The first-order valence-corrected chi connectivity index (χ1v) is 11.0. The molecule has 0 bridgehead atoms. The van der Waals surface area contributed by atoms with Gasteiger partial charge in [-0.05, 0) is 41.7 Å². The van der Waals surface area contributed by atoms with E-state index in [4.69, 9.17) is 11.6 Å². The highest BCUT2D eigenvalue weighted by Gasteiger charge is 2.48. The van der Waals surface area contributed by atoms with Crippen molar-refractivity contribution in [2.24, 2.45) is 0 Å². The smallest absolute Gasteiger partial charge is 0.310 e. The predicted octanol–water partition coefficient (Wildman–Crippen LogP) is 3.70. The fraction of sp³-hybridized carbons (Fsp3) is 0.227. The van der Waals surface area contributed by atoms with E-state index >= 15 is 0 Å². The van der Waals surface area contributed by atoms with E-state index in [2.05, 4.69) is 0 Å². The minimum atomic E-state index is -0.503. The topological polar surface area (TPSA) is 60.9 Å². The van der Waals surface area contributed by atoms with E-state index in [1.54, 1.807) is 29.2 Å². The van der Waals surface area contributed by atoms with E-state index < -0.39 is 17.3 Å². The molecule has 0 N–H and O–H groups in total. The zero-order valence-corrected chi connectivity index (χ0v) is 17.5. The minimum Gasteiger partial charge on any atom is -0.310 e. The van der Waals surface area contributed by atoms with Gasteiger partial charge < -0.3 is 9.80 Å². The molecule has 0 aromatic heterocycles. The molecule has 0 radical (unpaired) electrons. The fourth-order valence-electron chi connectivity index (χ4n) is 4.20. The van der Waals surface area contributed by atoms with Gasteiger partial charge in [0.05, 0.1) is 11.7 Å². The summed E-state index contributed by atoms with van der Waals surface area (Å²) in [5.74, 6) is -0.449. The molecule has 6 nitrogen and oxygen atoms in total. The predicted molar refractivity (Wildman–Crippen MR) is 118 cm³/mol. The maximum atomic E-state index is 13.4. The summed E-state index contributed by atoms with van der Waals surface area (Å²) in [5.41, 5.74) is 2.43. The van der Waals surface area contributed by atoms with Crippen LogP contribution in [0.1, 0.15) is 5.56 Å². The highest BCUT2D eigenvalue weighted by atomic mass is 35.5. The van der Waals surface area contributed by atoms with E-state index in [9.17, 15) is 14.4 Å². The average molecular weight is 440 g/mol. The van der Waals surface area contributed by atoms with Crippen molar-refractivity contribution in [3.8, 4) is 0 Å². The number of fused-ring (bicyclic) bond motifs is 2. The minimum absolute atomic E-state index is 0.0937. The Bertz CT molecular complexity index is 1090. The quantitative estimate of drug-likeness (QED) is 0.731. The van der Waals surface area contributed by atoms with E-state index in [0.717, 1.165) is 22.6 Å². The maximum absolute atomic E-state index is 13.4. The SMILES string of the molecule is O=C(CN1C(=O)N(c2cccc(Cl)c2)C(=O)C2SC=CC21)N1CCc2ccccc21. The van der Waals surface area contributed by atoms with Crippen LogP contribution in [-0.4, -0.2) is 47.1 Å². The molecule has 1 fully saturated rings. The van der Waals surface area contributed by atoms with Crippen LogP contribution >= 0.6 is 23.4 Å². The second-order valence-corrected chi connectivity index (χ2v) is 8.85. The lowest BCUT2D eigenvalue weighted by atomic mass is 10.1. The largest absolute Gasteiger partial charge is 0.332 e. The summed E-state index contributed by atoms with van der Waals surface area (Å²) in [6, 6.07) is 13.5. The van der Waals surface area contributed by atoms with Crippen molar-refractivity contribution in [3.63, 3.8) is 0 Å². The summed E-state index contributed by atoms with van der Waals surface area (Å²) in [6.07, 6.45) is 2.62. The summed E-state index contributed by atoms with van der Waals surface area (Å²) >= 11 is 7.45. The maximum Gasteiger partial charge on any atom is 0.332 e. The number of anilines is 2. The van der Waals surface area contributed by atoms with Gasteiger partial charge in [-0.1, -0.05) is 41.9 Å². The Morgan fingerprint density at radius 1 is 1.13 bits per heavy atom. The van der Waals surface area contributed by atoms with Gasteiger partial charge in [0.15, 0.2) is 0 Å². The molecule has 2 atom stereocenters.